The van der Waals surface area contributed by atoms with Gasteiger partial charge >= 0.3 is 0 Å². The van der Waals surface area contributed by atoms with Crippen molar-refractivity contribution in [2.45, 2.75) is 13.8 Å². The zero-order valence-corrected chi connectivity index (χ0v) is 16.4. The zero-order chi connectivity index (χ0) is 20.1. The van der Waals surface area contributed by atoms with E-state index in [-0.39, 0.29) is 10.9 Å². The molecule has 8 heteroatoms. The number of aromatic amines is 1. The average molecular weight is 403 g/mol. The van der Waals surface area contributed by atoms with Crippen LogP contribution in [0.15, 0.2) is 53.7 Å². The number of fused-ring (bicyclic) bond motifs is 2. The summed E-state index contributed by atoms with van der Waals surface area (Å²) in [6.45, 7) is 3.87. The van der Waals surface area contributed by atoms with Crippen LogP contribution in [-0.2, 0) is 0 Å². The minimum atomic E-state index is -0.208. The summed E-state index contributed by atoms with van der Waals surface area (Å²) in [5, 5.41) is 5.86. The van der Waals surface area contributed by atoms with Gasteiger partial charge in [0.1, 0.15) is 5.69 Å². The molecule has 0 fully saturated rings. The monoisotopic (exact) mass is 402 g/mol. The maximum Gasteiger partial charge on any atom is 0.209 e. The largest absolute Gasteiger partial charge is 0.345 e. The Morgan fingerprint density at radius 2 is 1.93 bits per heavy atom. The maximum absolute atomic E-state index is 12.4. The summed E-state index contributed by atoms with van der Waals surface area (Å²) in [5.74, 6) is 0.503. The van der Waals surface area contributed by atoms with Crippen LogP contribution in [0.25, 0.3) is 39.1 Å². The first-order valence-corrected chi connectivity index (χ1v) is 9.36. The van der Waals surface area contributed by atoms with Crippen molar-refractivity contribution in [2.75, 3.05) is 0 Å². The second kappa shape index (κ2) is 6.49. The van der Waals surface area contributed by atoms with Crippen molar-refractivity contribution in [2.24, 2.45) is 0 Å². The molecule has 0 spiro atoms. The van der Waals surface area contributed by atoms with Crippen LogP contribution < -0.4 is 5.43 Å². The van der Waals surface area contributed by atoms with E-state index in [9.17, 15) is 4.79 Å². The van der Waals surface area contributed by atoms with Crippen LogP contribution in [0.2, 0.25) is 5.02 Å². The lowest BCUT2D eigenvalue weighted by atomic mass is 10.1. The SMILES string of the molecule is Cc1cnc2c(Cl)cc(-c3nc4c(=O)cc[nH]c4nc3-n3ccc(C)n3)cc2c1. The molecule has 0 atom stereocenters. The molecule has 0 unspecified atom stereocenters. The molecule has 7 nitrogen and oxygen atoms in total. The molecule has 0 saturated carbocycles. The summed E-state index contributed by atoms with van der Waals surface area (Å²) in [7, 11) is 0. The Kier molecular flexibility index (Phi) is 3.92. The summed E-state index contributed by atoms with van der Waals surface area (Å²) in [4.78, 5) is 29.1. The lowest BCUT2D eigenvalue weighted by Crippen LogP contribution is -2.10. The summed E-state index contributed by atoms with van der Waals surface area (Å²) >= 11 is 6.52. The lowest BCUT2D eigenvalue weighted by Gasteiger charge is -2.11. The molecule has 0 saturated heterocycles. The van der Waals surface area contributed by atoms with E-state index in [2.05, 4.69) is 25.0 Å². The van der Waals surface area contributed by atoms with Crippen LogP contribution in [0.3, 0.4) is 0 Å². The van der Waals surface area contributed by atoms with E-state index in [0.29, 0.717) is 27.7 Å². The fourth-order valence-corrected chi connectivity index (χ4v) is 3.59. The van der Waals surface area contributed by atoms with Crippen molar-refractivity contribution in [3.05, 3.63) is 75.4 Å². The Hall–Kier alpha value is -3.58. The molecular weight excluding hydrogens is 388 g/mol. The average Bonchev–Trinajstić information content (AvgIpc) is 3.13. The van der Waals surface area contributed by atoms with E-state index >= 15 is 0 Å². The van der Waals surface area contributed by atoms with Gasteiger partial charge in [-0.05, 0) is 43.7 Å². The number of rotatable bonds is 2. The van der Waals surface area contributed by atoms with Crippen molar-refractivity contribution < 1.29 is 0 Å². The van der Waals surface area contributed by atoms with Crippen LogP contribution in [0.1, 0.15) is 11.3 Å². The molecule has 1 N–H and O–H groups in total. The van der Waals surface area contributed by atoms with Crippen molar-refractivity contribution in [3.8, 4) is 17.1 Å². The summed E-state index contributed by atoms with van der Waals surface area (Å²) in [6.07, 6.45) is 5.14. The molecule has 0 aliphatic heterocycles. The first-order valence-electron chi connectivity index (χ1n) is 8.98. The number of hydrogen-bond acceptors (Lipinski definition) is 5. The Morgan fingerprint density at radius 3 is 2.72 bits per heavy atom. The van der Waals surface area contributed by atoms with E-state index in [4.69, 9.17) is 11.6 Å². The third-order valence-corrected chi connectivity index (χ3v) is 4.94. The molecule has 0 amide bonds. The molecule has 0 aliphatic carbocycles. The van der Waals surface area contributed by atoms with E-state index in [1.54, 1.807) is 23.1 Å². The summed E-state index contributed by atoms with van der Waals surface area (Å²) in [5.41, 5.74) is 4.27. The van der Waals surface area contributed by atoms with Gasteiger partial charge in [-0.3, -0.25) is 9.78 Å². The highest BCUT2D eigenvalue weighted by molar-refractivity contribution is 6.35. The molecule has 29 heavy (non-hydrogen) atoms. The van der Waals surface area contributed by atoms with Gasteiger partial charge in [0.2, 0.25) is 5.43 Å². The van der Waals surface area contributed by atoms with Crippen LogP contribution in [0.5, 0.6) is 0 Å². The minimum Gasteiger partial charge on any atom is -0.345 e. The molecule has 0 aliphatic rings. The molecule has 5 rings (SSSR count). The molecule has 4 heterocycles. The highest BCUT2D eigenvalue weighted by Crippen LogP contribution is 2.32. The number of nitrogens with zero attached hydrogens (tertiary/aromatic N) is 5. The third kappa shape index (κ3) is 2.96. The molecule has 1 aromatic carbocycles. The topological polar surface area (TPSA) is 89.4 Å². The quantitative estimate of drug-likeness (QED) is 0.482. The lowest BCUT2D eigenvalue weighted by molar-refractivity contribution is 0.832. The number of benzene rings is 1. The van der Waals surface area contributed by atoms with Gasteiger partial charge in [0.25, 0.3) is 0 Å². The summed E-state index contributed by atoms with van der Waals surface area (Å²) in [6, 6.07) is 9.06. The van der Waals surface area contributed by atoms with Crippen molar-refractivity contribution in [3.63, 3.8) is 0 Å². The van der Waals surface area contributed by atoms with Gasteiger partial charge in [-0.1, -0.05) is 11.6 Å². The van der Waals surface area contributed by atoms with E-state index in [1.807, 2.05) is 38.2 Å². The number of aryl methyl sites for hydroxylation is 2. The van der Waals surface area contributed by atoms with E-state index in [1.165, 1.54) is 6.07 Å². The number of aromatic nitrogens is 6. The van der Waals surface area contributed by atoms with E-state index < -0.39 is 0 Å². The van der Waals surface area contributed by atoms with Crippen molar-refractivity contribution in [1.82, 2.24) is 29.7 Å². The Bertz CT molecular complexity index is 1470. The molecule has 0 radical (unpaired) electrons. The first kappa shape index (κ1) is 17.5. The number of H-pyrrole nitrogens is 1. The van der Waals surface area contributed by atoms with Gasteiger partial charge in [-0.15, -0.1) is 0 Å². The highest BCUT2D eigenvalue weighted by Gasteiger charge is 2.17. The predicted molar refractivity (Wildman–Crippen MR) is 113 cm³/mol. The predicted octanol–water partition coefficient (Wildman–Crippen LogP) is 3.99. The summed E-state index contributed by atoms with van der Waals surface area (Å²) < 4.78 is 1.65. The number of pyridine rings is 2. The Balaban J connectivity index is 1.87. The van der Waals surface area contributed by atoms with Gasteiger partial charge in [0.05, 0.1) is 16.2 Å². The maximum atomic E-state index is 12.4. The molecule has 5 aromatic rings. The Morgan fingerprint density at radius 1 is 1.07 bits per heavy atom. The van der Waals surface area contributed by atoms with Crippen LogP contribution in [0.4, 0.5) is 0 Å². The smallest absolute Gasteiger partial charge is 0.209 e. The van der Waals surface area contributed by atoms with Gasteiger partial charge in [0, 0.05) is 35.6 Å². The molecule has 142 valence electrons. The Labute approximate surface area is 170 Å². The van der Waals surface area contributed by atoms with Gasteiger partial charge in [-0.25, -0.2) is 14.6 Å². The van der Waals surface area contributed by atoms with Crippen LogP contribution in [0, 0.1) is 13.8 Å². The zero-order valence-electron chi connectivity index (χ0n) is 15.6. The van der Waals surface area contributed by atoms with Crippen LogP contribution in [-0.4, -0.2) is 29.7 Å². The van der Waals surface area contributed by atoms with Gasteiger partial charge < -0.3 is 4.98 Å². The van der Waals surface area contributed by atoms with Crippen molar-refractivity contribution >= 4 is 33.7 Å². The number of halogens is 1. The highest BCUT2D eigenvalue weighted by atomic mass is 35.5. The fourth-order valence-electron chi connectivity index (χ4n) is 3.31. The van der Waals surface area contributed by atoms with Gasteiger partial charge in [0.15, 0.2) is 17.0 Å². The standard InChI is InChI=1S/C21H15ClN6O/c1-11-7-13-8-14(9-15(22)17(13)24-10-11)18-21(28-6-4-12(2)27-28)26-20-19(25-18)16(29)3-5-23-20/h3-10H,1-2H3,(H,23,26,29). The molecule has 0 bridgehead atoms. The normalized spacial score (nSPS) is 11.4. The van der Waals surface area contributed by atoms with Gasteiger partial charge in [-0.2, -0.15) is 5.10 Å². The van der Waals surface area contributed by atoms with Crippen LogP contribution >= 0.6 is 11.6 Å². The minimum absolute atomic E-state index is 0.208. The molecule has 4 aromatic heterocycles. The first-order chi connectivity index (χ1) is 14.0. The van der Waals surface area contributed by atoms with Crippen molar-refractivity contribution in [1.29, 1.82) is 0 Å². The van der Waals surface area contributed by atoms with E-state index in [0.717, 1.165) is 22.2 Å². The number of nitrogens with one attached hydrogen (secondary N) is 1. The second-order valence-corrected chi connectivity index (χ2v) is 7.29. The molecular formula is C21H15ClN6O. The number of hydrogen-bond donors (Lipinski definition) is 1. The third-order valence-electron chi connectivity index (χ3n) is 4.65. The fraction of sp³-hybridized carbons (Fsp3) is 0.0952. The second-order valence-electron chi connectivity index (χ2n) is 6.88.